The van der Waals surface area contributed by atoms with Crippen LogP contribution < -0.4 is 16.0 Å². The van der Waals surface area contributed by atoms with E-state index in [1.807, 2.05) is 0 Å². The average molecular weight is 596 g/mol. The lowest BCUT2D eigenvalue weighted by Crippen LogP contribution is -2.46. The number of amides is 4. The van der Waals surface area contributed by atoms with Gasteiger partial charge in [-0.05, 0) is 44.0 Å². The molecule has 15 heteroatoms. The van der Waals surface area contributed by atoms with Crippen LogP contribution in [0.2, 0.25) is 5.02 Å². The van der Waals surface area contributed by atoms with Gasteiger partial charge in [0.05, 0.1) is 11.6 Å². The molecule has 0 bridgehead atoms. The normalized spacial score (nSPS) is 14.6. The van der Waals surface area contributed by atoms with Gasteiger partial charge in [0.25, 0.3) is 0 Å². The standard InChI is InChI=1S/C27H27ClFN9O4/c1-15(39)19-13-37(21-8-7-17(10-18(19)21)32-27(42)31-12-23-33-35-36-34-23)14-24(40)38-9-3-6-22(38)26(41)30-11-16-4-2-5-20(28)25(16)29/h2,4-5,7-8,10,13,22H,3,6,9,11-12,14H2,1H3,(H,30,41)(H2,31,32,42)(H,33,34,35,36)/t22-/m0/s1. The van der Waals surface area contributed by atoms with E-state index in [-0.39, 0.29) is 47.8 Å². The van der Waals surface area contributed by atoms with Crippen LogP contribution in [0.3, 0.4) is 0 Å². The van der Waals surface area contributed by atoms with Crippen molar-refractivity contribution in [1.29, 1.82) is 0 Å². The maximum atomic E-state index is 14.2. The van der Waals surface area contributed by atoms with E-state index in [4.69, 9.17) is 11.6 Å². The number of halogens is 2. The maximum Gasteiger partial charge on any atom is 0.319 e. The number of carbonyl (C=O) groups excluding carboxylic acids is 4. The fraction of sp³-hybridized carbons (Fsp3) is 0.296. The van der Waals surface area contributed by atoms with Crippen molar-refractivity contribution < 1.29 is 23.6 Å². The predicted octanol–water partition coefficient (Wildman–Crippen LogP) is 2.78. The zero-order valence-electron chi connectivity index (χ0n) is 22.5. The Hall–Kier alpha value is -4.85. The lowest BCUT2D eigenvalue weighted by molar-refractivity contribution is -0.138. The highest BCUT2D eigenvalue weighted by Gasteiger charge is 2.34. The summed E-state index contributed by atoms with van der Waals surface area (Å²) < 4.78 is 15.9. The van der Waals surface area contributed by atoms with Gasteiger partial charge in [0.1, 0.15) is 18.4 Å². The molecule has 0 saturated carbocycles. The molecule has 5 rings (SSSR count). The van der Waals surface area contributed by atoms with Crippen LogP contribution in [-0.2, 0) is 29.2 Å². The van der Waals surface area contributed by atoms with Crippen molar-refractivity contribution in [3.05, 3.63) is 70.4 Å². The summed E-state index contributed by atoms with van der Waals surface area (Å²) >= 11 is 5.83. The third-order valence-electron chi connectivity index (χ3n) is 6.98. The third kappa shape index (κ3) is 6.22. The van der Waals surface area contributed by atoms with Crippen molar-refractivity contribution in [2.45, 2.75) is 45.4 Å². The number of tetrazole rings is 1. The number of aromatic amines is 1. The van der Waals surface area contributed by atoms with Crippen molar-refractivity contribution in [2.75, 3.05) is 11.9 Å². The molecule has 1 aliphatic heterocycles. The minimum Gasteiger partial charge on any atom is -0.350 e. The number of likely N-dealkylation sites (tertiary alicyclic amines) is 1. The molecule has 4 N–H and O–H groups in total. The highest BCUT2D eigenvalue weighted by Crippen LogP contribution is 2.27. The maximum absolute atomic E-state index is 14.2. The second-order valence-electron chi connectivity index (χ2n) is 9.77. The van der Waals surface area contributed by atoms with Crippen LogP contribution >= 0.6 is 11.6 Å². The number of anilines is 1. The first-order valence-electron chi connectivity index (χ1n) is 13.1. The molecule has 13 nitrogen and oxygen atoms in total. The first-order valence-corrected chi connectivity index (χ1v) is 13.5. The van der Waals surface area contributed by atoms with Crippen molar-refractivity contribution in [1.82, 2.24) is 40.7 Å². The third-order valence-corrected chi connectivity index (χ3v) is 7.27. The van der Waals surface area contributed by atoms with Gasteiger partial charge in [-0.3, -0.25) is 14.4 Å². The summed E-state index contributed by atoms with van der Waals surface area (Å²) in [7, 11) is 0. The Bertz CT molecular complexity index is 1660. The smallest absolute Gasteiger partial charge is 0.319 e. The highest BCUT2D eigenvalue weighted by atomic mass is 35.5. The number of rotatable bonds is 9. The first-order chi connectivity index (χ1) is 20.2. The largest absolute Gasteiger partial charge is 0.350 e. The number of ketones is 1. The second-order valence-corrected chi connectivity index (χ2v) is 10.2. The average Bonchev–Trinajstić information content (AvgIpc) is 3.73. The fourth-order valence-corrected chi connectivity index (χ4v) is 5.13. The van der Waals surface area contributed by atoms with E-state index in [1.54, 1.807) is 35.0 Å². The summed E-state index contributed by atoms with van der Waals surface area (Å²) in [6.07, 6.45) is 2.72. The molecule has 4 aromatic rings. The van der Waals surface area contributed by atoms with E-state index in [0.29, 0.717) is 47.4 Å². The molecule has 1 saturated heterocycles. The molecular formula is C27H27ClFN9O4. The summed E-state index contributed by atoms with van der Waals surface area (Å²) in [5.74, 6) is -1.17. The molecular weight excluding hydrogens is 569 g/mol. The van der Waals surface area contributed by atoms with Crippen molar-refractivity contribution in [3.8, 4) is 0 Å². The van der Waals surface area contributed by atoms with E-state index in [9.17, 15) is 23.6 Å². The van der Waals surface area contributed by atoms with Crippen LogP contribution in [0.25, 0.3) is 10.9 Å². The summed E-state index contributed by atoms with van der Waals surface area (Å²) in [6.45, 7) is 1.72. The number of hydrogen-bond donors (Lipinski definition) is 4. The highest BCUT2D eigenvalue weighted by molar-refractivity contribution is 6.30. The van der Waals surface area contributed by atoms with Crippen LogP contribution in [0, 0.1) is 5.82 Å². The Morgan fingerprint density at radius 3 is 2.74 bits per heavy atom. The number of carbonyl (C=O) groups is 4. The molecule has 1 fully saturated rings. The van der Waals surface area contributed by atoms with Gasteiger partial charge in [-0.25, -0.2) is 9.18 Å². The monoisotopic (exact) mass is 595 g/mol. The van der Waals surface area contributed by atoms with Gasteiger partial charge in [0.15, 0.2) is 11.6 Å². The van der Waals surface area contributed by atoms with Crippen LogP contribution in [-0.4, -0.2) is 66.3 Å². The minimum atomic E-state index is -0.699. The molecule has 0 aliphatic carbocycles. The van der Waals surface area contributed by atoms with Crippen LogP contribution in [0.5, 0.6) is 0 Å². The molecule has 3 heterocycles. The van der Waals surface area contributed by atoms with E-state index in [0.717, 1.165) is 0 Å². The van der Waals surface area contributed by atoms with Gasteiger partial charge >= 0.3 is 6.03 Å². The number of nitrogens with one attached hydrogen (secondary N) is 4. The van der Waals surface area contributed by atoms with Crippen LogP contribution in [0.1, 0.15) is 41.5 Å². The zero-order chi connectivity index (χ0) is 29.8. The number of urea groups is 1. The van der Waals surface area contributed by atoms with Crippen LogP contribution in [0.15, 0.2) is 42.6 Å². The summed E-state index contributed by atoms with van der Waals surface area (Å²) in [5, 5.41) is 21.8. The van der Waals surface area contributed by atoms with E-state index < -0.39 is 17.9 Å². The molecule has 42 heavy (non-hydrogen) atoms. The second kappa shape index (κ2) is 12.3. The van der Waals surface area contributed by atoms with E-state index in [2.05, 4.69) is 36.6 Å². The topological polar surface area (TPSA) is 167 Å². The van der Waals surface area contributed by atoms with Gasteiger partial charge in [-0.1, -0.05) is 28.9 Å². The van der Waals surface area contributed by atoms with Crippen molar-refractivity contribution in [3.63, 3.8) is 0 Å². The lowest BCUT2D eigenvalue weighted by Gasteiger charge is -2.24. The summed E-state index contributed by atoms with van der Waals surface area (Å²) in [4.78, 5) is 52.6. The Balaban J connectivity index is 1.27. The molecule has 2 aromatic carbocycles. The number of hydrogen-bond acceptors (Lipinski definition) is 7. The van der Waals surface area contributed by atoms with Gasteiger partial charge < -0.3 is 25.4 Å². The fourth-order valence-electron chi connectivity index (χ4n) is 4.94. The number of H-pyrrole nitrogens is 1. The molecule has 0 unspecified atom stereocenters. The van der Waals surface area contributed by atoms with Gasteiger partial charge in [0.2, 0.25) is 11.8 Å². The molecule has 2 aromatic heterocycles. The molecule has 218 valence electrons. The molecule has 4 amide bonds. The Morgan fingerprint density at radius 1 is 1.14 bits per heavy atom. The minimum absolute atomic E-state index is 0.0324. The molecule has 0 spiro atoms. The Labute approximate surface area is 243 Å². The quantitative estimate of drug-likeness (QED) is 0.216. The Morgan fingerprint density at radius 2 is 1.98 bits per heavy atom. The van der Waals surface area contributed by atoms with Gasteiger partial charge in [-0.15, -0.1) is 10.2 Å². The SMILES string of the molecule is CC(=O)c1cn(CC(=O)N2CCC[C@H]2C(=O)NCc2cccc(Cl)c2F)c2ccc(NC(=O)NCc3nn[nH]n3)cc12. The zero-order valence-corrected chi connectivity index (χ0v) is 23.2. The number of nitrogens with zero attached hydrogens (tertiary/aromatic N) is 5. The van der Waals surface area contributed by atoms with Crippen LogP contribution in [0.4, 0.5) is 14.9 Å². The van der Waals surface area contributed by atoms with E-state index >= 15 is 0 Å². The van der Waals surface area contributed by atoms with Gasteiger partial charge in [0, 0.05) is 47.0 Å². The number of Topliss-reactive ketones (excluding diaryl/α,β-unsaturated/α-hetero) is 1. The lowest BCUT2D eigenvalue weighted by atomic mass is 10.1. The van der Waals surface area contributed by atoms with Gasteiger partial charge in [-0.2, -0.15) is 5.21 Å². The molecule has 0 radical (unpaired) electrons. The number of benzene rings is 2. The molecule has 1 atom stereocenters. The summed E-state index contributed by atoms with van der Waals surface area (Å²) in [6, 6.07) is 8.37. The first kappa shape index (κ1) is 28.7. The number of fused-ring (bicyclic) bond motifs is 1. The predicted molar refractivity (Wildman–Crippen MR) is 150 cm³/mol. The number of aromatic nitrogens is 5. The van der Waals surface area contributed by atoms with Crippen molar-refractivity contribution in [2.24, 2.45) is 0 Å². The summed E-state index contributed by atoms with van der Waals surface area (Å²) in [5.41, 5.74) is 1.68. The Kier molecular flexibility index (Phi) is 8.43. The van der Waals surface area contributed by atoms with Crippen molar-refractivity contribution >= 4 is 51.8 Å². The molecule has 1 aliphatic rings. The van der Waals surface area contributed by atoms with E-state index in [1.165, 1.54) is 24.0 Å².